The zero-order valence-electron chi connectivity index (χ0n) is 9.06. The number of halogens is 1. The maximum Gasteiger partial charge on any atom is 0.109 e. The van der Waals surface area contributed by atoms with Crippen LogP contribution in [-0.4, -0.2) is 11.1 Å². The predicted octanol–water partition coefficient (Wildman–Crippen LogP) is 3.58. The van der Waals surface area contributed by atoms with E-state index in [4.69, 9.17) is 0 Å². The van der Waals surface area contributed by atoms with Crippen LogP contribution in [0.5, 0.6) is 0 Å². The number of anilines is 1. The van der Waals surface area contributed by atoms with Gasteiger partial charge in [0, 0.05) is 10.6 Å². The Balaban J connectivity index is 1.80. The van der Waals surface area contributed by atoms with Gasteiger partial charge in [-0.2, -0.15) is 0 Å². The lowest BCUT2D eigenvalue weighted by atomic mass is 10.0. The summed E-state index contributed by atoms with van der Waals surface area (Å²) in [7, 11) is 0. The quantitative estimate of drug-likeness (QED) is 0.888. The van der Waals surface area contributed by atoms with Crippen molar-refractivity contribution in [3.63, 3.8) is 0 Å². The minimum Gasteiger partial charge on any atom is -0.385 e. The molecule has 2 unspecified atom stereocenters. The van der Waals surface area contributed by atoms with E-state index in [0.717, 1.165) is 20.8 Å². The van der Waals surface area contributed by atoms with Gasteiger partial charge in [0.25, 0.3) is 0 Å². The summed E-state index contributed by atoms with van der Waals surface area (Å²) in [6.07, 6.45) is 0.436. The van der Waals surface area contributed by atoms with Gasteiger partial charge in [-0.1, -0.05) is 18.2 Å². The van der Waals surface area contributed by atoms with E-state index in [1.54, 1.807) is 11.3 Å². The Morgan fingerprint density at radius 1 is 1.29 bits per heavy atom. The molecular formula is C13H12BrNOS. The topological polar surface area (TPSA) is 32.3 Å². The first kappa shape index (κ1) is 11.3. The zero-order valence-corrected chi connectivity index (χ0v) is 11.5. The molecule has 0 saturated carbocycles. The molecule has 4 heteroatoms. The summed E-state index contributed by atoms with van der Waals surface area (Å²) in [6.45, 7) is 0. The summed E-state index contributed by atoms with van der Waals surface area (Å²) in [4.78, 5) is 1.00. The summed E-state index contributed by atoms with van der Waals surface area (Å²) in [5, 5.41) is 13.7. The number of aliphatic hydroxyl groups is 1. The van der Waals surface area contributed by atoms with E-state index in [-0.39, 0.29) is 6.04 Å². The van der Waals surface area contributed by atoms with Crippen molar-refractivity contribution in [2.45, 2.75) is 18.6 Å². The summed E-state index contributed by atoms with van der Waals surface area (Å²) >= 11 is 5.01. The highest BCUT2D eigenvalue weighted by atomic mass is 79.9. The van der Waals surface area contributed by atoms with Gasteiger partial charge in [0.1, 0.15) is 6.10 Å². The first-order valence-electron chi connectivity index (χ1n) is 5.52. The molecule has 0 radical (unpaired) electrons. The third kappa shape index (κ3) is 2.12. The molecule has 2 heterocycles. The van der Waals surface area contributed by atoms with E-state index in [9.17, 15) is 5.11 Å². The predicted molar refractivity (Wildman–Crippen MR) is 74.5 cm³/mol. The average molecular weight is 310 g/mol. The van der Waals surface area contributed by atoms with Crippen molar-refractivity contribution in [2.24, 2.45) is 0 Å². The van der Waals surface area contributed by atoms with Crippen molar-refractivity contribution in [2.75, 3.05) is 5.32 Å². The minimum absolute atomic E-state index is 0.0814. The second-order valence-corrected chi connectivity index (χ2v) is 6.69. The molecule has 3 rings (SSSR count). The molecule has 2 N–H and O–H groups in total. The Hall–Kier alpha value is -0.840. The monoisotopic (exact) mass is 309 g/mol. The molecule has 1 aliphatic heterocycles. The molecule has 0 spiro atoms. The molecule has 0 saturated heterocycles. The number of nitrogens with one attached hydrogen (secondary N) is 1. The Morgan fingerprint density at radius 2 is 2.12 bits per heavy atom. The highest BCUT2D eigenvalue weighted by Crippen LogP contribution is 2.35. The van der Waals surface area contributed by atoms with Crippen LogP contribution < -0.4 is 5.32 Å². The first-order valence-corrected chi connectivity index (χ1v) is 7.13. The van der Waals surface area contributed by atoms with E-state index in [1.165, 1.54) is 5.56 Å². The van der Waals surface area contributed by atoms with Crippen molar-refractivity contribution in [3.05, 3.63) is 50.6 Å². The zero-order chi connectivity index (χ0) is 11.8. The van der Waals surface area contributed by atoms with Crippen molar-refractivity contribution >= 4 is 33.0 Å². The molecule has 0 fully saturated rings. The molecule has 2 aromatic rings. The van der Waals surface area contributed by atoms with Crippen molar-refractivity contribution in [1.82, 2.24) is 0 Å². The molecule has 2 nitrogen and oxygen atoms in total. The average Bonchev–Trinajstić information content (AvgIpc) is 2.93. The van der Waals surface area contributed by atoms with Crippen LogP contribution in [0.4, 0.5) is 5.69 Å². The van der Waals surface area contributed by atoms with Crippen LogP contribution in [0.3, 0.4) is 0 Å². The van der Waals surface area contributed by atoms with Crippen LogP contribution in [0.1, 0.15) is 16.5 Å². The van der Waals surface area contributed by atoms with Gasteiger partial charge in [-0.15, -0.1) is 11.3 Å². The number of aliphatic hydroxyl groups excluding tert-OH is 1. The normalized spacial score (nSPS) is 19.8. The number of para-hydroxylation sites is 1. The largest absolute Gasteiger partial charge is 0.385 e. The molecule has 1 aromatic heterocycles. The fourth-order valence-corrected chi connectivity index (χ4v) is 3.68. The minimum atomic E-state index is -0.446. The van der Waals surface area contributed by atoms with Gasteiger partial charge in [-0.25, -0.2) is 0 Å². The molecule has 0 aliphatic carbocycles. The Bertz CT molecular complexity index is 515. The Kier molecular flexibility index (Phi) is 2.94. The van der Waals surface area contributed by atoms with Gasteiger partial charge in [0.05, 0.1) is 9.83 Å². The summed E-state index contributed by atoms with van der Waals surface area (Å²) in [5.41, 5.74) is 2.43. The first-order chi connectivity index (χ1) is 8.24. The van der Waals surface area contributed by atoms with Crippen molar-refractivity contribution in [1.29, 1.82) is 0 Å². The van der Waals surface area contributed by atoms with E-state index < -0.39 is 6.10 Å². The lowest BCUT2D eigenvalue weighted by Crippen LogP contribution is -2.24. The van der Waals surface area contributed by atoms with Crippen LogP contribution in [0.25, 0.3) is 0 Å². The number of rotatable bonds is 2. The van der Waals surface area contributed by atoms with Gasteiger partial charge >= 0.3 is 0 Å². The fourth-order valence-electron chi connectivity index (χ4n) is 2.20. The molecule has 1 aromatic carbocycles. The molecular weight excluding hydrogens is 298 g/mol. The third-order valence-corrected chi connectivity index (χ3v) is 4.76. The highest BCUT2D eigenvalue weighted by Gasteiger charge is 2.28. The van der Waals surface area contributed by atoms with Crippen LogP contribution >= 0.6 is 27.3 Å². The smallest absolute Gasteiger partial charge is 0.109 e. The maximum absolute atomic E-state index is 10.3. The van der Waals surface area contributed by atoms with Gasteiger partial charge < -0.3 is 10.4 Å². The second kappa shape index (κ2) is 4.44. The second-order valence-electron chi connectivity index (χ2n) is 4.20. The summed E-state index contributed by atoms with van der Waals surface area (Å²) < 4.78 is 1.06. The van der Waals surface area contributed by atoms with Crippen LogP contribution in [-0.2, 0) is 6.42 Å². The van der Waals surface area contributed by atoms with Gasteiger partial charge in [0.15, 0.2) is 0 Å². The van der Waals surface area contributed by atoms with Gasteiger partial charge in [-0.3, -0.25) is 0 Å². The van der Waals surface area contributed by atoms with Crippen molar-refractivity contribution in [3.8, 4) is 0 Å². The number of thiophene rings is 1. The van der Waals surface area contributed by atoms with E-state index in [2.05, 4.69) is 33.4 Å². The Labute approximate surface area is 112 Å². The van der Waals surface area contributed by atoms with Crippen LogP contribution in [0.2, 0.25) is 0 Å². The molecule has 0 amide bonds. The maximum atomic E-state index is 10.3. The molecule has 2 atom stereocenters. The van der Waals surface area contributed by atoms with Gasteiger partial charge in [0.2, 0.25) is 0 Å². The summed E-state index contributed by atoms with van der Waals surface area (Å²) in [5.74, 6) is 0. The van der Waals surface area contributed by atoms with Gasteiger partial charge in [-0.05, 0) is 46.1 Å². The van der Waals surface area contributed by atoms with E-state index in [1.807, 2.05) is 24.3 Å². The lowest BCUT2D eigenvalue weighted by Gasteiger charge is -2.17. The van der Waals surface area contributed by atoms with E-state index in [0.29, 0.717) is 0 Å². The van der Waals surface area contributed by atoms with Crippen LogP contribution in [0, 0.1) is 0 Å². The highest BCUT2D eigenvalue weighted by molar-refractivity contribution is 9.11. The number of fused-ring (bicyclic) bond motifs is 1. The standard InChI is InChI=1S/C13H12BrNOS/c14-12-6-5-11(17-12)13(16)10-7-8-3-1-2-4-9(8)15-10/h1-6,10,13,15-16H,7H2. The third-order valence-electron chi connectivity index (χ3n) is 3.06. The Morgan fingerprint density at radius 3 is 2.82 bits per heavy atom. The van der Waals surface area contributed by atoms with Crippen LogP contribution in [0.15, 0.2) is 40.2 Å². The molecule has 88 valence electrons. The number of hydrogen-bond acceptors (Lipinski definition) is 3. The molecule has 17 heavy (non-hydrogen) atoms. The lowest BCUT2D eigenvalue weighted by molar-refractivity contribution is 0.160. The fraction of sp³-hybridized carbons (Fsp3) is 0.231. The summed E-state index contributed by atoms with van der Waals surface area (Å²) in [6, 6.07) is 12.3. The SMILES string of the molecule is OC(c1ccc(Br)s1)C1Cc2ccccc2N1. The van der Waals surface area contributed by atoms with Crippen molar-refractivity contribution < 1.29 is 5.11 Å². The number of hydrogen-bond donors (Lipinski definition) is 2. The number of benzene rings is 1. The molecule has 0 bridgehead atoms. The molecule has 1 aliphatic rings. The van der Waals surface area contributed by atoms with E-state index >= 15 is 0 Å².